The molecule has 1 saturated heterocycles. The molecule has 0 radical (unpaired) electrons. The fourth-order valence-electron chi connectivity index (χ4n) is 5.05. The largest absolute Gasteiger partial charge is 0.493 e. The van der Waals surface area contributed by atoms with Crippen molar-refractivity contribution in [3.8, 4) is 17.3 Å². The van der Waals surface area contributed by atoms with Gasteiger partial charge in [-0.25, -0.2) is 8.78 Å². The highest BCUT2D eigenvalue weighted by molar-refractivity contribution is 6.30. The lowest BCUT2D eigenvalue weighted by molar-refractivity contribution is 0.0784. The van der Waals surface area contributed by atoms with Crippen LogP contribution in [0.3, 0.4) is 0 Å². The summed E-state index contributed by atoms with van der Waals surface area (Å²) in [5.41, 5.74) is -0.00312. The van der Waals surface area contributed by atoms with Gasteiger partial charge in [0.2, 0.25) is 5.88 Å². The number of carbonyl (C=O) groups is 1. The molecule has 1 aliphatic rings. The molecule has 2 atom stereocenters. The zero-order chi connectivity index (χ0) is 27.8. The van der Waals surface area contributed by atoms with Crippen LogP contribution in [0.1, 0.15) is 53.3 Å². The van der Waals surface area contributed by atoms with Gasteiger partial charge in [0.1, 0.15) is 11.6 Å². The third kappa shape index (κ3) is 5.14. The van der Waals surface area contributed by atoms with E-state index in [2.05, 4.69) is 15.1 Å². The third-order valence-electron chi connectivity index (χ3n) is 6.89. The minimum atomic E-state index is -0.887. The van der Waals surface area contributed by atoms with Gasteiger partial charge in [0, 0.05) is 50.2 Å². The van der Waals surface area contributed by atoms with Crippen LogP contribution in [0.2, 0.25) is 5.02 Å². The average Bonchev–Trinajstić information content (AvgIpc) is 3.55. The Kier molecular flexibility index (Phi) is 7.17. The van der Waals surface area contributed by atoms with Crippen molar-refractivity contribution in [2.75, 3.05) is 13.1 Å². The van der Waals surface area contributed by atoms with Crippen molar-refractivity contribution in [2.24, 2.45) is 7.05 Å². The number of aryl methyl sites for hydroxylation is 1. The number of likely N-dealkylation sites (tertiary alicyclic amines) is 1. The van der Waals surface area contributed by atoms with E-state index in [0.29, 0.717) is 23.6 Å². The Morgan fingerprint density at radius 2 is 1.95 bits per heavy atom. The molecule has 202 valence electrons. The topological polar surface area (TPSA) is 106 Å². The predicted molar refractivity (Wildman–Crippen MR) is 140 cm³/mol. The second kappa shape index (κ2) is 10.6. The fourth-order valence-corrected chi connectivity index (χ4v) is 5.16. The summed E-state index contributed by atoms with van der Waals surface area (Å²) < 4.78 is 31.0. The molecule has 0 aliphatic carbocycles. The maximum atomic E-state index is 14.2. The lowest BCUT2D eigenvalue weighted by atomic mass is 10.0. The molecule has 0 saturated carbocycles. The van der Waals surface area contributed by atoms with E-state index in [4.69, 9.17) is 11.6 Å². The summed E-state index contributed by atoms with van der Waals surface area (Å²) in [6.45, 7) is 2.36. The van der Waals surface area contributed by atoms with Crippen molar-refractivity contribution in [2.45, 2.75) is 31.7 Å². The zero-order valence-corrected chi connectivity index (χ0v) is 21.9. The summed E-state index contributed by atoms with van der Waals surface area (Å²) in [6, 6.07) is 5.64. The maximum absolute atomic E-state index is 14.2. The van der Waals surface area contributed by atoms with Gasteiger partial charge in [0.15, 0.2) is 11.4 Å². The van der Waals surface area contributed by atoms with Crippen LogP contribution in [0.5, 0.6) is 5.88 Å². The van der Waals surface area contributed by atoms with E-state index in [9.17, 15) is 23.5 Å². The van der Waals surface area contributed by atoms with Crippen molar-refractivity contribution in [1.29, 1.82) is 0 Å². The Balaban J connectivity index is 1.60. The van der Waals surface area contributed by atoms with Crippen LogP contribution in [0.4, 0.5) is 8.78 Å². The first-order valence-electron chi connectivity index (χ1n) is 12.4. The van der Waals surface area contributed by atoms with Crippen molar-refractivity contribution >= 4 is 17.5 Å². The van der Waals surface area contributed by atoms with E-state index < -0.39 is 40.6 Å². The van der Waals surface area contributed by atoms with Crippen molar-refractivity contribution in [3.05, 3.63) is 92.8 Å². The number of rotatable bonds is 6. The molecular formula is C27H25ClF2N6O3. The number of hydrogen-bond acceptors (Lipinski definition) is 6. The highest BCUT2D eigenvalue weighted by Gasteiger charge is 2.34. The van der Waals surface area contributed by atoms with Crippen LogP contribution >= 0.6 is 11.6 Å². The summed E-state index contributed by atoms with van der Waals surface area (Å²) in [6.07, 6.45) is 5.42. The lowest BCUT2D eigenvalue weighted by Crippen LogP contribution is -2.38. The van der Waals surface area contributed by atoms with Crippen molar-refractivity contribution < 1.29 is 18.7 Å². The first-order chi connectivity index (χ1) is 18.7. The molecule has 0 spiro atoms. The summed E-state index contributed by atoms with van der Waals surface area (Å²) in [5.74, 6) is -3.08. The molecule has 2 unspecified atom stereocenters. The van der Waals surface area contributed by atoms with E-state index in [-0.39, 0.29) is 30.3 Å². The summed E-state index contributed by atoms with van der Waals surface area (Å²) in [7, 11) is 1.67. The number of aromatic hydroxyl groups is 1. The molecule has 0 bridgehead atoms. The number of hydrogen-bond donors (Lipinski definition) is 1. The third-order valence-corrected chi connectivity index (χ3v) is 7.11. The zero-order valence-electron chi connectivity index (χ0n) is 21.2. The number of amides is 1. The fraction of sp³-hybridized carbons (Fsp3) is 0.296. The molecule has 1 aromatic carbocycles. The molecule has 3 aromatic heterocycles. The van der Waals surface area contributed by atoms with Gasteiger partial charge < -0.3 is 10.0 Å². The molecule has 4 aromatic rings. The Morgan fingerprint density at radius 3 is 2.56 bits per heavy atom. The number of pyridine rings is 1. The number of halogens is 3. The summed E-state index contributed by atoms with van der Waals surface area (Å²) >= 11 is 5.94. The van der Waals surface area contributed by atoms with Crippen LogP contribution in [0.15, 0.2) is 53.7 Å². The second-order valence-electron chi connectivity index (χ2n) is 9.48. The van der Waals surface area contributed by atoms with E-state index in [0.717, 1.165) is 23.9 Å². The molecule has 1 fully saturated rings. The van der Waals surface area contributed by atoms with Crippen LogP contribution in [0.25, 0.3) is 11.4 Å². The summed E-state index contributed by atoms with van der Waals surface area (Å²) in [5, 5.41) is 15.5. The minimum Gasteiger partial charge on any atom is -0.493 e. The average molecular weight is 555 g/mol. The van der Waals surface area contributed by atoms with Crippen LogP contribution in [0, 0.1) is 11.6 Å². The second-order valence-corrected chi connectivity index (χ2v) is 9.91. The van der Waals surface area contributed by atoms with E-state index in [1.165, 1.54) is 26.5 Å². The van der Waals surface area contributed by atoms with Crippen molar-refractivity contribution in [3.63, 3.8) is 0 Å². The van der Waals surface area contributed by atoms with Crippen molar-refractivity contribution in [1.82, 2.24) is 29.2 Å². The smallest absolute Gasteiger partial charge is 0.271 e. The quantitative estimate of drug-likeness (QED) is 0.381. The van der Waals surface area contributed by atoms with Gasteiger partial charge in [-0.1, -0.05) is 18.5 Å². The van der Waals surface area contributed by atoms with Gasteiger partial charge in [-0.15, -0.1) is 0 Å². The molecule has 1 N–H and O–H groups in total. The molecule has 1 amide bonds. The van der Waals surface area contributed by atoms with Crippen LogP contribution in [-0.4, -0.2) is 53.3 Å². The molecular weight excluding hydrogens is 530 g/mol. The van der Waals surface area contributed by atoms with Gasteiger partial charge in [0.05, 0.1) is 22.8 Å². The standard InChI is InChI=1S/C27H25ClF2N6O3/c1-3-22(16-8-19(29)10-20(30)9-16)36-24(17-11-32-34(2)13-17)33-25(37)23(27(36)39)26(38)35-7-6-15(14-35)21-5-4-18(28)12-31-21/h4-5,8-13,15,22,37H,3,6-7,14H2,1-2H3. The van der Waals surface area contributed by atoms with Crippen LogP contribution < -0.4 is 5.56 Å². The highest BCUT2D eigenvalue weighted by atomic mass is 35.5. The number of benzene rings is 1. The number of nitrogens with zero attached hydrogens (tertiary/aromatic N) is 6. The van der Waals surface area contributed by atoms with Gasteiger partial charge in [-0.3, -0.25) is 23.8 Å². The van der Waals surface area contributed by atoms with E-state index in [1.54, 1.807) is 32.3 Å². The summed E-state index contributed by atoms with van der Waals surface area (Å²) in [4.78, 5) is 37.7. The normalized spacial score (nSPS) is 16.0. The van der Waals surface area contributed by atoms with Crippen LogP contribution in [-0.2, 0) is 7.05 Å². The Morgan fingerprint density at radius 1 is 1.21 bits per heavy atom. The Hall–Kier alpha value is -4.12. The monoisotopic (exact) mass is 554 g/mol. The molecule has 39 heavy (non-hydrogen) atoms. The number of carbonyl (C=O) groups excluding carboxylic acids is 1. The molecule has 9 nitrogen and oxygen atoms in total. The first-order valence-corrected chi connectivity index (χ1v) is 12.7. The Labute approximate surface area is 227 Å². The number of aromatic nitrogens is 5. The van der Waals surface area contributed by atoms with Gasteiger partial charge in [-0.05, 0) is 42.7 Å². The maximum Gasteiger partial charge on any atom is 0.271 e. The molecule has 12 heteroatoms. The van der Waals surface area contributed by atoms with E-state index >= 15 is 0 Å². The first kappa shape index (κ1) is 26.5. The van der Waals surface area contributed by atoms with Gasteiger partial charge in [0.25, 0.3) is 11.5 Å². The molecule has 1 aliphatic heterocycles. The van der Waals surface area contributed by atoms with Gasteiger partial charge >= 0.3 is 0 Å². The molecule has 5 rings (SSSR count). The van der Waals surface area contributed by atoms with Gasteiger partial charge in [-0.2, -0.15) is 10.1 Å². The molecule has 4 heterocycles. The van der Waals surface area contributed by atoms with E-state index in [1.807, 2.05) is 0 Å². The lowest BCUT2D eigenvalue weighted by Gasteiger charge is -2.24. The highest BCUT2D eigenvalue weighted by Crippen LogP contribution is 2.31. The Bertz CT molecular complexity index is 1580. The predicted octanol–water partition coefficient (Wildman–Crippen LogP) is 4.31. The minimum absolute atomic E-state index is 0.0170. The SMILES string of the molecule is CCC(c1cc(F)cc(F)c1)n1c(-c2cnn(C)c2)nc(O)c(C(=O)N2CCC(c3ccc(Cl)cn3)C2)c1=O.